The topological polar surface area (TPSA) is 55.1 Å². The highest BCUT2D eigenvalue weighted by Gasteiger charge is 2.06. The summed E-state index contributed by atoms with van der Waals surface area (Å²) in [5.41, 5.74) is 6.89. The minimum absolute atomic E-state index is 0.360. The molecule has 0 aliphatic carbocycles. The van der Waals surface area contributed by atoms with Crippen LogP contribution in [0, 0.1) is 5.92 Å². The van der Waals surface area contributed by atoms with E-state index in [9.17, 15) is 4.79 Å². The molecule has 0 bridgehead atoms. The first kappa shape index (κ1) is 12.7. The van der Waals surface area contributed by atoms with Crippen molar-refractivity contribution in [2.75, 3.05) is 6.54 Å². The molecule has 0 heterocycles. The van der Waals surface area contributed by atoms with E-state index in [-0.39, 0.29) is 5.91 Å². The van der Waals surface area contributed by atoms with Crippen molar-refractivity contribution in [2.45, 2.75) is 26.8 Å². The van der Waals surface area contributed by atoms with E-state index in [0.717, 1.165) is 18.5 Å². The molecular weight excluding hydrogens is 200 g/mol. The second-order valence-corrected chi connectivity index (χ2v) is 4.17. The number of carbonyl (C=O) groups is 1. The van der Waals surface area contributed by atoms with Gasteiger partial charge in [-0.1, -0.05) is 38.5 Å². The lowest BCUT2D eigenvalue weighted by Gasteiger charge is -2.11. The zero-order valence-electron chi connectivity index (χ0n) is 9.99. The number of amides is 1. The van der Waals surface area contributed by atoms with Gasteiger partial charge in [-0.15, -0.1) is 0 Å². The van der Waals surface area contributed by atoms with Crippen molar-refractivity contribution in [2.24, 2.45) is 11.7 Å². The minimum atomic E-state index is -0.360. The summed E-state index contributed by atoms with van der Waals surface area (Å²) in [5.74, 6) is 0.293. The Morgan fingerprint density at radius 3 is 2.75 bits per heavy atom. The van der Waals surface area contributed by atoms with Crippen molar-refractivity contribution in [3.05, 3.63) is 35.4 Å². The van der Waals surface area contributed by atoms with Gasteiger partial charge in [0, 0.05) is 12.1 Å². The van der Waals surface area contributed by atoms with Gasteiger partial charge in [0.1, 0.15) is 0 Å². The van der Waals surface area contributed by atoms with Crippen LogP contribution in [0.1, 0.15) is 36.2 Å². The summed E-state index contributed by atoms with van der Waals surface area (Å²) in [6.07, 6.45) is 1.16. The van der Waals surface area contributed by atoms with Crippen LogP contribution >= 0.6 is 0 Å². The van der Waals surface area contributed by atoms with Crippen LogP contribution in [0.2, 0.25) is 0 Å². The number of benzene rings is 1. The summed E-state index contributed by atoms with van der Waals surface area (Å²) in [6.45, 7) is 6.03. The summed E-state index contributed by atoms with van der Waals surface area (Å²) >= 11 is 0. The lowest BCUT2D eigenvalue weighted by atomic mass is 10.1. The average Bonchev–Trinajstić information content (AvgIpc) is 2.29. The molecule has 0 aliphatic heterocycles. The molecule has 88 valence electrons. The second kappa shape index (κ2) is 6.28. The van der Waals surface area contributed by atoms with Crippen molar-refractivity contribution in [1.82, 2.24) is 5.32 Å². The van der Waals surface area contributed by atoms with Gasteiger partial charge >= 0.3 is 0 Å². The van der Waals surface area contributed by atoms with Gasteiger partial charge < -0.3 is 11.1 Å². The second-order valence-electron chi connectivity index (χ2n) is 4.17. The van der Waals surface area contributed by atoms with E-state index in [0.29, 0.717) is 18.0 Å². The van der Waals surface area contributed by atoms with E-state index in [1.54, 1.807) is 6.07 Å². The molecule has 1 aromatic carbocycles. The number of hydrogen-bond donors (Lipinski definition) is 2. The number of nitrogens with one attached hydrogen (secondary N) is 1. The summed E-state index contributed by atoms with van der Waals surface area (Å²) in [4.78, 5) is 11.2. The van der Waals surface area contributed by atoms with E-state index in [1.165, 1.54) is 0 Å². The van der Waals surface area contributed by atoms with Crippen molar-refractivity contribution in [1.29, 1.82) is 0 Å². The number of carbonyl (C=O) groups excluding carboxylic acids is 1. The molecule has 0 saturated heterocycles. The molecule has 0 saturated carbocycles. The summed E-state index contributed by atoms with van der Waals surface area (Å²) in [6, 6.07) is 7.46. The van der Waals surface area contributed by atoms with Gasteiger partial charge in [0.15, 0.2) is 0 Å². The molecule has 0 spiro atoms. The van der Waals surface area contributed by atoms with Gasteiger partial charge in [-0.05, 0) is 24.1 Å². The van der Waals surface area contributed by atoms with Gasteiger partial charge in [-0.25, -0.2) is 0 Å². The molecule has 1 aromatic rings. The molecule has 3 N–H and O–H groups in total. The number of primary amides is 1. The Labute approximate surface area is 97.0 Å². The highest BCUT2D eigenvalue weighted by Crippen LogP contribution is 2.08. The molecule has 0 aliphatic rings. The first-order valence-electron chi connectivity index (χ1n) is 5.73. The van der Waals surface area contributed by atoms with Crippen LogP contribution in [0.3, 0.4) is 0 Å². The van der Waals surface area contributed by atoms with Crippen molar-refractivity contribution in [3.8, 4) is 0 Å². The Bertz CT molecular complexity index is 350. The SMILES string of the molecule is CCC(C)CNCc1ccccc1C(N)=O. The maximum atomic E-state index is 11.2. The van der Waals surface area contributed by atoms with Gasteiger partial charge in [-0.2, -0.15) is 0 Å². The van der Waals surface area contributed by atoms with E-state index in [1.807, 2.05) is 18.2 Å². The van der Waals surface area contributed by atoms with Crippen LogP contribution < -0.4 is 11.1 Å². The average molecular weight is 220 g/mol. The van der Waals surface area contributed by atoms with E-state index in [4.69, 9.17) is 5.73 Å². The number of nitrogens with two attached hydrogens (primary N) is 1. The molecule has 0 radical (unpaired) electrons. The first-order chi connectivity index (χ1) is 7.65. The molecule has 0 aromatic heterocycles. The van der Waals surface area contributed by atoms with Gasteiger partial charge in [0.05, 0.1) is 0 Å². The Balaban J connectivity index is 2.56. The third kappa shape index (κ3) is 3.66. The molecular formula is C13H20N2O. The van der Waals surface area contributed by atoms with E-state index in [2.05, 4.69) is 19.2 Å². The fourth-order valence-electron chi connectivity index (χ4n) is 1.51. The normalized spacial score (nSPS) is 12.4. The molecule has 16 heavy (non-hydrogen) atoms. The quantitative estimate of drug-likeness (QED) is 0.769. The molecule has 1 amide bonds. The maximum Gasteiger partial charge on any atom is 0.249 e. The Kier molecular flexibility index (Phi) is 4.99. The van der Waals surface area contributed by atoms with Crippen LogP contribution in [0.25, 0.3) is 0 Å². The van der Waals surface area contributed by atoms with Crippen LogP contribution in [0.4, 0.5) is 0 Å². The Hall–Kier alpha value is -1.35. The largest absolute Gasteiger partial charge is 0.366 e. The van der Waals surface area contributed by atoms with Crippen LogP contribution in [-0.2, 0) is 6.54 Å². The zero-order valence-corrected chi connectivity index (χ0v) is 9.99. The van der Waals surface area contributed by atoms with Crippen molar-refractivity contribution >= 4 is 5.91 Å². The van der Waals surface area contributed by atoms with E-state index >= 15 is 0 Å². The molecule has 0 fully saturated rings. The Morgan fingerprint density at radius 2 is 2.12 bits per heavy atom. The fourth-order valence-corrected chi connectivity index (χ4v) is 1.51. The van der Waals surface area contributed by atoms with Crippen LogP contribution in [0.15, 0.2) is 24.3 Å². The lowest BCUT2D eigenvalue weighted by Crippen LogP contribution is -2.22. The van der Waals surface area contributed by atoms with Crippen LogP contribution in [-0.4, -0.2) is 12.5 Å². The number of rotatable bonds is 6. The predicted molar refractivity (Wildman–Crippen MR) is 66.1 cm³/mol. The van der Waals surface area contributed by atoms with Crippen molar-refractivity contribution in [3.63, 3.8) is 0 Å². The highest BCUT2D eigenvalue weighted by molar-refractivity contribution is 5.94. The Morgan fingerprint density at radius 1 is 1.44 bits per heavy atom. The van der Waals surface area contributed by atoms with Gasteiger partial charge in [-0.3, -0.25) is 4.79 Å². The minimum Gasteiger partial charge on any atom is -0.366 e. The molecule has 1 rings (SSSR count). The van der Waals surface area contributed by atoms with E-state index < -0.39 is 0 Å². The fraction of sp³-hybridized carbons (Fsp3) is 0.462. The highest BCUT2D eigenvalue weighted by atomic mass is 16.1. The summed E-state index contributed by atoms with van der Waals surface area (Å²) < 4.78 is 0. The standard InChI is InChI=1S/C13H20N2O/c1-3-10(2)8-15-9-11-6-4-5-7-12(11)13(14)16/h4-7,10,15H,3,8-9H2,1-2H3,(H2,14,16). The van der Waals surface area contributed by atoms with Gasteiger partial charge in [0.25, 0.3) is 0 Å². The van der Waals surface area contributed by atoms with Gasteiger partial charge in [0.2, 0.25) is 5.91 Å². The molecule has 1 atom stereocenters. The summed E-state index contributed by atoms with van der Waals surface area (Å²) in [7, 11) is 0. The monoisotopic (exact) mass is 220 g/mol. The predicted octanol–water partition coefficient (Wildman–Crippen LogP) is 1.92. The zero-order chi connectivity index (χ0) is 12.0. The third-order valence-electron chi connectivity index (χ3n) is 2.79. The van der Waals surface area contributed by atoms with Crippen molar-refractivity contribution < 1.29 is 4.79 Å². The third-order valence-corrected chi connectivity index (χ3v) is 2.79. The van der Waals surface area contributed by atoms with Crippen LogP contribution in [0.5, 0.6) is 0 Å². The lowest BCUT2D eigenvalue weighted by molar-refractivity contribution is 0.0999. The summed E-state index contributed by atoms with van der Waals surface area (Å²) in [5, 5.41) is 3.34. The first-order valence-corrected chi connectivity index (χ1v) is 5.73. The molecule has 3 heteroatoms. The smallest absolute Gasteiger partial charge is 0.249 e. The molecule has 3 nitrogen and oxygen atoms in total. The maximum absolute atomic E-state index is 11.2. The number of hydrogen-bond acceptors (Lipinski definition) is 2. The molecule has 1 unspecified atom stereocenters.